The minimum absolute atomic E-state index is 0.00786. The maximum Gasteiger partial charge on any atom is 0.416 e. The molecule has 0 saturated heterocycles. The lowest BCUT2D eigenvalue weighted by Crippen LogP contribution is -2.38. The van der Waals surface area contributed by atoms with Crippen LogP contribution in [0.3, 0.4) is 0 Å². The molecule has 0 aliphatic rings. The molecule has 3 N–H and O–H groups in total. The number of anilines is 1. The quantitative estimate of drug-likeness (QED) is 0.387. The topological polar surface area (TPSA) is 49.2 Å². The lowest BCUT2D eigenvalue weighted by molar-refractivity contribution is -0.137. The van der Waals surface area contributed by atoms with Crippen LogP contribution in [0.5, 0.6) is 0 Å². The molecule has 2 aromatic carbocycles. The number of thiocarbonyl (C=S) groups is 1. The van der Waals surface area contributed by atoms with Gasteiger partial charge in [0.2, 0.25) is 0 Å². The third-order valence-corrected chi connectivity index (χ3v) is 4.13. The van der Waals surface area contributed by atoms with Gasteiger partial charge in [0.15, 0.2) is 10.9 Å². The smallest absolute Gasteiger partial charge is 0.416 e. The Kier molecular flexibility index (Phi) is 5.29. The average Bonchev–Trinajstić information content (AvgIpc) is 3.05. The normalized spacial score (nSPS) is 11.3. The zero-order valence-corrected chi connectivity index (χ0v) is 15.2. The number of nitrogens with one attached hydrogen (secondary N) is 3. The second-order valence-corrected chi connectivity index (χ2v) is 6.34. The Bertz CT molecular complexity index is 983. The summed E-state index contributed by atoms with van der Waals surface area (Å²) in [5, 5.41) is 3.63. The summed E-state index contributed by atoms with van der Waals surface area (Å²) in [5.41, 5.74) is 5.65. The standard InChI is InChI=1S/C18H13ClF3N3OS/c1-10(16-8-11-4-2-3-5-15(11)26-16)24-25-17(27)23-14-9-12(18(20,21)22)6-7-13(14)19/h2-9,24H,1H2,(H2,23,25,27). The molecular formula is C18H13ClF3N3OS. The fourth-order valence-corrected chi connectivity index (χ4v) is 2.60. The van der Waals surface area contributed by atoms with Gasteiger partial charge in [-0.05, 0) is 42.5 Å². The van der Waals surface area contributed by atoms with Crippen LogP contribution < -0.4 is 16.2 Å². The number of para-hydroxylation sites is 1. The Balaban J connectivity index is 1.63. The van der Waals surface area contributed by atoms with Crippen molar-refractivity contribution < 1.29 is 17.6 Å². The third-order valence-electron chi connectivity index (χ3n) is 3.59. The van der Waals surface area contributed by atoms with Crippen molar-refractivity contribution in [1.82, 2.24) is 10.9 Å². The van der Waals surface area contributed by atoms with E-state index in [0.717, 1.165) is 23.6 Å². The van der Waals surface area contributed by atoms with Crippen LogP contribution >= 0.6 is 23.8 Å². The summed E-state index contributed by atoms with van der Waals surface area (Å²) in [4.78, 5) is 0. The SMILES string of the molecule is C=C(NNC(=S)Nc1cc(C(F)(F)F)ccc1Cl)c1cc2ccccc2o1. The molecular weight excluding hydrogens is 399 g/mol. The van der Waals surface area contributed by atoms with Gasteiger partial charge in [0.05, 0.1) is 22.0 Å². The lowest BCUT2D eigenvalue weighted by atomic mass is 10.2. The predicted molar refractivity (Wildman–Crippen MR) is 104 cm³/mol. The van der Waals surface area contributed by atoms with Crippen molar-refractivity contribution in [2.45, 2.75) is 6.18 Å². The Labute approximate surface area is 163 Å². The fourth-order valence-electron chi connectivity index (χ4n) is 2.28. The summed E-state index contributed by atoms with van der Waals surface area (Å²) < 4.78 is 44.1. The molecule has 1 heterocycles. The van der Waals surface area contributed by atoms with Gasteiger partial charge in [0.25, 0.3) is 0 Å². The molecule has 27 heavy (non-hydrogen) atoms. The molecule has 9 heteroatoms. The van der Waals surface area contributed by atoms with Gasteiger partial charge in [-0.1, -0.05) is 36.4 Å². The number of furan rings is 1. The molecule has 0 fully saturated rings. The molecule has 0 atom stereocenters. The number of hydrogen-bond donors (Lipinski definition) is 3. The van der Waals surface area contributed by atoms with E-state index in [1.165, 1.54) is 0 Å². The molecule has 0 spiro atoms. The fraction of sp³-hybridized carbons (Fsp3) is 0.0556. The molecule has 0 amide bonds. The van der Waals surface area contributed by atoms with Gasteiger partial charge in [0, 0.05) is 5.39 Å². The summed E-state index contributed by atoms with van der Waals surface area (Å²) in [5.74, 6) is 0.489. The third kappa shape index (κ3) is 4.53. The number of fused-ring (bicyclic) bond motifs is 1. The van der Waals surface area contributed by atoms with Crippen LogP contribution in [0.25, 0.3) is 16.7 Å². The predicted octanol–water partition coefficient (Wildman–Crippen LogP) is 5.57. The highest BCUT2D eigenvalue weighted by Crippen LogP contribution is 2.33. The molecule has 3 rings (SSSR count). The van der Waals surface area contributed by atoms with Crippen LogP contribution in [0.15, 0.2) is 59.5 Å². The Hall–Kier alpha value is -2.71. The largest absolute Gasteiger partial charge is 0.454 e. The minimum atomic E-state index is -4.48. The highest BCUT2D eigenvalue weighted by molar-refractivity contribution is 7.80. The Morgan fingerprint density at radius 2 is 1.81 bits per heavy atom. The van der Waals surface area contributed by atoms with E-state index in [1.54, 1.807) is 6.07 Å². The van der Waals surface area contributed by atoms with E-state index >= 15 is 0 Å². The monoisotopic (exact) mass is 411 g/mol. The molecule has 0 bridgehead atoms. The molecule has 3 aromatic rings. The number of halogens is 4. The van der Waals surface area contributed by atoms with Crippen LogP contribution in [-0.4, -0.2) is 5.11 Å². The van der Waals surface area contributed by atoms with Crippen LogP contribution in [0, 0.1) is 0 Å². The van der Waals surface area contributed by atoms with Crippen LogP contribution in [-0.2, 0) is 6.18 Å². The Morgan fingerprint density at radius 1 is 1.07 bits per heavy atom. The second-order valence-electron chi connectivity index (χ2n) is 5.52. The molecule has 140 valence electrons. The van der Waals surface area contributed by atoms with Gasteiger partial charge in [-0.25, -0.2) is 0 Å². The Morgan fingerprint density at radius 3 is 2.52 bits per heavy atom. The molecule has 0 radical (unpaired) electrons. The van der Waals surface area contributed by atoms with E-state index in [-0.39, 0.29) is 15.8 Å². The van der Waals surface area contributed by atoms with Crippen LogP contribution in [0.1, 0.15) is 11.3 Å². The molecule has 1 aromatic heterocycles. The molecule has 0 aliphatic heterocycles. The lowest BCUT2D eigenvalue weighted by Gasteiger charge is -2.15. The van der Waals surface area contributed by atoms with Gasteiger partial charge in [-0.2, -0.15) is 13.2 Å². The zero-order chi connectivity index (χ0) is 19.6. The van der Waals surface area contributed by atoms with E-state index in [1.807, 2.05) is 24.3 Å². The van der Waals surface area contributed by atoms with Gasteiger partial charge in [0.1, 0.15) is 5.58 Å². The minimum Gasteiger partial charge on any atom is -0.454 e. The number of rotatable bonds is 4. The van der Waals surface area contributed by atoms with Gasteiger partial charge in [-0.3, -0.25) is 10.9 Å². The molecule has 0 aliphatic carbocycles. The van der Waals surface area contributed by atoms with Crippen molar-refractivity contribution in [3.63, 3.8) is 0 Å². The van der Waals surface area contributed by atoms with Crippen molar-refractivity contribution in [3.05, 3.63) is 71.5 Å². The summed E-state index contributed by atoms with van der Waals surface area (Å²) in [6, 6.07) is 12.2. The van der Waals surface area contributed by atoms with Crippen molar-refractivity contribution >= 4 is 51.3 Å². The maximum absolute atomic E-state index is 12.8. The first-order valence-electron chi connectivity index (χ1n) is 7.61. The van der Waals surface area contributed by atoms with E-state index in [4.69, 9.17) is 28.2 Å². The maximum atomic E-state index is 12.8. The van der Waals surface area contributed by atoms with Crippen LogP contribution in [0.4, 0.5) is 18.9 Å². The zero-order valence-electron chi connectivity index (χ0n) is 13.7. The summed E-state index contributed by atoms with van der Waals surface area (Å²) in [7, 11) is 0. The van der Waals surface area contributed by atoms with E-state index in [0.29, 0.717) is 17.0 Å². The first kappa shape index (κ1) is 19.1. The first-order valence-corrected chi connectivity index (χ1v) is 8.40. The molecule has 0 saturated carbocycles. The molecule has 0 unspecified atom stereocenters. The summed E-state index contributed by atoms with van der Waals surface area (Å²) in [6.07, 6.45) is -4.48. The average molecular weight is 412 g/mol. The summed E-state index contributed by atoms with van der Waals surface area (Å²) >= 11 is 11.0. The van der Waals surface area contributed by atoms with Gasteiger partial charge < -0.3 is 9.73 Å². The second kappa shape index (κ2) is 7.50. The first-order chi connectivity index (χ1) is 12.7. The number of hydrazine groups is 1. The number of hydrogen-bond acceptors (Lipinski definition) is 3. The van der Waals surface area contributed by atoms with Gasteiger partial charge in [-0.15, -0.1) is 0 Å². The highest BCUT2D eigenvalue weighted by Gasteiger charge is 2.31. The van der Waals surface area contributed by atoms with E-state index < -0.39 is 11.7 Å². The molecule has 4 nitrogen and oxygen atoms in total. The highest BCUT2D eigenvalue weighted by atomic mass is 35.5. The van der Waals surface area contributed by atoms with E-state index in [2.05, 4.69) is 22.7 Å². The van der Waals surface area contributed by atoms with Crippen molar-refractivity contribution in [1.29, 1.82) is 0 Å². The van der Waals surface area contributed by atoms with Crippen molar-refractivity contribution in [2.24, 2.45) is 0 Å². The van der Waals surface area contributed by atoms with E-state index in [9.17, 15) is 13.2 Å². The summed E-state index contributed by atoms with van der Waals surface area (Å²) in [6.45, 7) is 3.83. The van der Waals surface area contributed by atoms with Crippen molar-refractivity contribution in [3.8, 4) is 0 Å². The van der Waals surface area contributed by atoms with Gasteiger partial charge >= 0.3 is 6.18 Å². The number of benzene rings is 2. The van der Waals surface area contributed by atoms with Crippen molar-refractivity contribution in [2.75, 3.05) is 5.32 Å². The number of alkyl halides is 3. The van der Waals surface area contributed by atoms with Crippen LogP contribution in [0.2, 0.25) is 5.02 Å².